The van der Waals surface area contributed by atoms with Gasteiger partial charge in [-0.1, -0.05) is 25.5 Å². The molecule has 0 fully saturated rings. The van der Waals surface area contributed by atoms with Crippen molar-refractivity contribution in [1.29, 1.82) is 0 Å². The van der Waals surface area contributed by atoms with Gasteiger partial charge in [-0.15, -0.1) is 0 Å². The van der Waals surface area contributed by atoms with Crippen LogP contribution < -0.4 is 10.6 Å². The van der Waals surface area contributed by atoms with Gasteiger partial charge in [0.15, 0.2) is 0 Å². The Morgan fingerprint density at radius 3 is 2.65 bits per heavy atom. The summed E-state index contributed by atoms with van der Waals surface area (Å²) < 4.78 is 0. The molecule has 0 aliphatic carbocycles. The van der Waals surface area contributed by atoms with Gasteiger partial charge in [0.25, 0.3) is 5.91 Å². The van der Waals surface area contributed by atoms with E-state index in [9.17, 15) is 4.79 Å². The van der Waals surface area contributed by atoms with Crippen LogP contribution in [0.3, 0.4) is 0 Å². The number of carbonyl (C=O) groups excluding carboxylic acids is 1. The molecule has 94 valence electrons. The van der Waals surface area contributed by atoms with Crippen molar-refractivity contribution < 1.29 is 4.79 Å². The first-order valence-electron chi connectivity index (χ1n) is 6.32. The van der Waals surface area contributed by atoms with Crippen molar-refractivity contribution in [3.8, 4) is 0 Å². The van der Waals surface area contributed by atoms with Gasteiger partial charge >= 0.3 is 0 Å². The normalized spacial score (nSPS) is 11.9. The number of para-hydroxylation sites is 1. The van der Waals surface area contributed by atoms with E-state index < -0.39 is 0 Å². The second-order valence-corrected chi connectivity index (χ2v) is 4.24. The molecule has 0 saturated heterocycles. The first-order chi connectivity index (χ1) is 8.19. The van der Waals surface area contributed by atoms with Crippen molar-refractivity contribution in [3.63, 3.8) is 0 Å². The number of hydrogen-bond acceptors (Lipinski definition) is 2. The number of amides is 1. The molecule has 1 atom stereocenters. The zero-order chi connectivity index (χ0) is 12.7. The maximum absolute atomic E-state index is 12.1. The summed E-state index contributed by atoms with van der Waals surface area (Å²) >= 11 is 0. The Morgan fingerprint density at radius 2 is 2.00 bits per heavy atom. The summed E-state index contributed by atoms with van der Waals surface area (Å²) in [6.45, 7) is 7.00. The Kier molecular flexibility index (Phi) is 5.53. The van der Waals surface area contributed by atoms with Gasteiger partial charge in [-0.05, 0) is 32.4 Å². The van der Waals surface area contributed by atoms with Crippen LogP contribution in [0.1, 0.15) is 44.0 Å². The predicted molar refractivity (Wildman–Crippen MR) is 72.4 cm³/mol. The van der Waals surface area contributed by atoms with Crippen molar-refractivity contribution in [3.05, 3.63) is 29.8 Å². The first kappa shape index (κ1) is 13.6. The highest BCUT2D eigenvalue weighted by Crippen LogP contribution is 2.14. The van der Waals surface area contributed by atoms with Crippen LogP contribution in [-0.4, -0.2) is 18.5 Å². The topological polar surface area (TPSA) is 41.1 Å². The molecule has 1 rings (SSSR count). The molecule has 2 N–H and O–H groups in total. The van der Waals surface area contributed by atoms with Crippen LogP contribution in [0.4, 0.5) is 5.69 Å². The van der Waals surface area contributed by atoms with Gasteiger partial charge in [-0.2, -0.15) is 0 Å². The fourth-order valence-corrected chi connectivity index (χ4v) is 1.83. The minimum atomic E-state index is 0.00231. The van der Waals surface area contributed by atoms with Gasteiger partial charge < -0.3 is 10.6 Å². The Morgan fingerprint density at radius 1 is 1.29 bits per heavy atom. The zero-order valence-corrected chi connectivity index (χ0v) is 10.9. The molecule has 1 amide bonds. The first-order valence-corrected chi connectivity index (χ1v) is 6.32. The van der Waals surface area contributed by atoms with Gasteiger partial charge in [0.05, 0.1) is 5.56 Å². The molecule has 17 heavy (non-hydrogen) atoms. The monoisotopic (exact) mass is 234 g/mol. The maximum atomic E-state index is 12.1. The minimum Gasteiger partial charge on any atom is -0.385 e. The Hall–Kier alpha value is -1.51. The Bertz CT molecular complexity index is 363. The molecule has 1 aromatic rings. The summed E-state index contributed by atoms with van der Waals surface area (Å²) in [4.78, 5) is 12.1. The molecule has 0 aliphatic rings. The van der Waals surface area contributed by atoms with Crippen molar-refractivity contribution in [2.24, 2.45) is 0 Å². The molecule has 0 saturated carbocycles. The molecule has 0 aromatic heterocycles. The van der Waals surface area contributed by atoms with E-state index in [0.717, 1.165) is 30.6 Å². The van der Waals surface area contributed by atoms with Crippen molar-refractivity contribution in [1.82, 2.24) is 5.32 Å². The number of carbonyl (C=O) groups is 1. The highest BCUT2D eigenvalue weighted by atomic mass is 16.1. The maximum Gasteiger partial charge on any atom is 0.253 e. The molecule has 0 radical (unpaired) electrons. The van der Waals surface area contributed by atoms with Crippen LogP contribution in [0.15, 0.2) is 24.3 Å². The minimum absolute atomic E-state index is 0.00231. The molecule has 1 aromatic carbocycles. The zero-order valence-electron chi connectivity index (χ0n) is 10.9. The van der Waals surface area contributed by atoms with Crippen LogP contribution in [0.5, 0.6) is 0 Å². The second kappa shape index (κ2) is 6.94. The smallest absolute Gasteiger partial charge is 0.253 e. The fraction of sp³-hybridized carbons (Fsp3) is 0.500. The summed E-state index contributed by atoms with van der Waals surface area (Å²) in [7, 11) is 0. The second-order valence-electron chi connectivity index (χ2n) is 4.24. The predicted octanol–water partition coefficient (Wildman–Crippen LogP) is 3.04. The third-order valence-corrected chi connectivity index (χ3v) is 2.64. The van der Waals surface area contributed by atoms with E-state index in [2.05, 4.69) is 17.6 Å². The largest absolute Gasteiger partial charge is 0.385 e. The van der Waals surface area contributed by atoms with Crippen LogP contribution in [0.2, 0.25) is 0 Å². The van der Waals surface area contributed by atoms with E-state index in [1.165, 1.54) is 0 Å². The highest BCUT2D eigenvalue weighted by molar-refractivity contribution is 5.99. The highest BCUT2D eigenvalue weighted by Gasteiger charge is 2.12. The van der Waals surface area contributed by atoms with Crippen LogP contribution in [0, 0.1) is 0 Å². The molecule has 0 bridgehead atoms. The number of nitrogens with one attached hydrogen (secondary N) is 2. The summed E-state index contributed by atoms with van der Waals surface area (Å²) in [6, 6.07) is 7.83. The van der Waals surface area contributed by atoms with Gasteiger partial charge in [-0.3, -0.25) is 4.79 Å². The molecule has 0 aliphatic heterocycles. The quantitative estimate of drug-likeness (QED) is 0.794. The summed E-state index contributed by atoms with van der Waals surface area (Å²) in [6.07, 6.45) is 2.09. The average molecular weight is 234 g/mol. The number of rotatable bonds is 6. The van der Waals surface area contributed by atoms with Crippen molar-refractivity contribution in [2.75, 3.05) is 11.9 Å². The lowest BCUT2D eigenvalue weighted by molar-refractivity contribution is 0.0939. The van der Waals surface area contributed by atoms with Crippen molar-refractivity contribution in [2.45, 2.75) is 39.7 Å². The third kappa shape index (κ3) is 4.10. The van der Waals surface area contributed by atoms with Crippen LogP contribution >= 0.6 is 0 Å². The van der Waals surface area contributed by atoms with Crippen LogP contribution in [0.25, 0.3) is 0 Å². The molecule has 0 heterocycles. The molecule has 0 spiro atoms. The lowest BCUT2D eigenvalue weighted by Crippen LogP contribution is -2.32. The van der Waals surface area contributed by atoms with E-state index in [1.54, 1.807) is 0 Å². The molecular weight excluding hydrogens is 212 g/mol. The van der Waals surface area contributed by atoms with E-state index in [4.69, 9.17) is 0 Å². The van der Waals surface area contributed by atoms with E-state index >= 15 is 0 Å². The van der Waals surface area contributed by atoms with Gasteiger partial charge in [0, 0.05) is 18.3 Å². The van der Waals surface area contributed by atoms with Gasteiger partial charge in [0.1, 0.15) is 0 Å². The van der Waals surface area contributed by atoms with Crippen molar-refractivity contribution >= 4 is 11.6 Å². The number of hydrogen-bond donors (Lipinski definition) is 2. The standard InChI is InChI=1S/C14H22N2O/c1-4-8-11(3)16-14(17)12-9-6-7-10-13(12)15-5-2/h6-7,9-11,15H,4-5,8H2,1-3H3,(H,16,17). The lowest BCUT2D eigenvalue weighted by Gasteiger charge is -2.15. The molecule has 3 nitrogen and oxygen atoms in total. The summed E-state index contributed by atoms with van der Waals surface area (Å²) in [5.74, 6) is 0.00231. The van der Waals surface area contributed by atoms with Gasteiger partial charge in [0.2, 0.25) is 0 Å². The van der Waals surface area contributed by atoms with Gasteiger partial charge in [-0.25, -0.2) is 0 Å². The summed E-state index contributed by atoms with van der Waals surface area (Å²) in [5.41, 5.74) is 1.62. The SMILES string of the molecule is CCCC(C)NC(=O)c1ccccc1NCC. The third-order valence-electron chi connectivity index (χ3n) is 2.64. The average Bonchev–Trinajstić information content (AvgIpc) is 2.30. The molecule has 3 heteroatoms. The van der Waals surface area contributed by atoms with E-state index in [-0.39, 0.29) is 11.9 Å². The Balaban J connectivity index is 2.74. The number of anilines is 1. The number of benzene rings is 1. The summed E-state index contributed by atoms with van der Waals surface area (Å²) in [5, 5.41) is 6.22. The van der Waals surface area contributed by atoms with Crippen LogP contribution in [-0.2, 0) is 0 Å². The molecule has 1 unspecified atom stereocenters. The van der Waals surface area contributed by atoms with E-state index in [1.807, 2.05) is 38.1 Å². The Labute approximate surface area is 104 Å². The molecular formula is C14H22N2O. The fourth-order valence-electron chi connectivity index (χ4n) is 1.83. The van der Waals surface area contributed by atoms with E-state index in [0.29, 0.717) is 0 Å². The lowest BCUT2D eigenvalue weighted by atomic mass is 10.1.